The number of hydrogen-bond donors (Lipinski definition) is 2. The Hall–Kier alpha value is -0.0800. The molecule has 0 heterocycles. The van der Waals surface area contributed by atoms with Crippen molar-refractivity contribution in [1.29, 1.82) is 0 Å². The summed E-state index contributed by atoms with van der Waals surface area (Å²) in [5, 5.41) is 17.8. The third-order valence-corrected chi connectivity index (χ3v) is 1.78. The first kappa shape index (κ1) is 9.92. The van der Waals surface area contributed by atoms with E-state index in [0.29, 0.717) is 0 Å². The van der Waals surface area contributed by atoms with E-state index in [9.17, 15) is 5.11 Å². The summed E-state index contributed by atoms with van der Waals surface area (Å²) < 4.78 is 0. The third-order valence-electron chi connectivity index (χ3n) is 1.78. The topological polar surface area (TPSA) is 40.5 Å². The lowest BCUT2D eigenvalue weighted by Crippen LogP contribution is -2.22. The molecule has 10 heavy (non-hydrogen) atoms. The lowest BCUT2D eigenvalue weighted by atomic mass is 9.96. The molecule has 2 heteroatoms. The summed E-state index contributed by atoms with van der Waals surface area (Å²) in [4.78, 5) is 0. The molecule has 0 spiro atoms. The minimum Gasteiger partial charge on any atom is -0.396 e. The lowest BCUT2D eigenvalue weighted by Gasteiger charge is -2.20. The van der Waals surface area contributed by atoms with Crippen LogP contribution in [0.15, 0.2) is 0 Å². The fraction of sp³-hybridized carbons (Fsp3) is 0.875. The molecule has 0 aliphatic rings. The van der Waals surface area contributed by atoms with E-state index in [1.54, 1.807) is 6.42 Å². The van der Waals surface area contributed by atoms with Crippen molar-refractivity contribution in [3.05, 3.63) is 6.42 Å². The van der Waals surface area contributed by atoms with Gasteiger partial charge < -0.3 is 10.2 Å². The molecule has 0 rings (SSSR count). The summed E-state index contributed by atoms with van der Waals surface area (Å²) in [5.74, 6) is 0. The Balaban J connectivity index is 3.28. The highest BCUT2D eigenvalue weighted by atomic mass is 16.3. The third kappa shape index (κ3) is 4.77. The van der Waals surface area contributed by atoms with Gasteiger partial charge in [0.25, 0.3) is 0 Å². The summed E-state index contributed by atoms with van der Waals surface area (Å²) in [6.45, 7) is 3.89. The highest BCUT2D eigenvalue weighted by Gasteiger charge is 2.15. The van der Waals surface area contributed by atoms with Gasteiger partial charge in [0.15, 0.2) is 0 Å². The van der Waals surface area contributed by atoms with Crippen molar-refractivity contribution < 1.29 is 10.2 Å². The van der Waals surface area contributed by atoms with E-state index in [4.69, 9.17) is 5.11 Å². The smallest absolute Gasteiger partial charge is 0.0617 e. The molecular weight excluding hydrogens is 128 g/mol. The van der Waals surface area contributed by atoms with Crippen LogP contribution in [0, 0.1) is 6.42 Å². The fourth-order valence-corrected chi connectivity index (χ4v) is 0.681. The Morgan fingerprint density at radius 1 is 1.50 bits per heavy atom. The van der Waals surface area contributed by atoms with Crippen molar-refractivity contribution >= 4 is 0 Å². The van der Waals surface area contributed by atoms with Crippen LogP contribution in [0.3, 0.4) is 0 Å². The zero-order valence-electron chi connectivity index (χ0n) is 6.80. The monoisotopic (exact) mass is 145 g/mol. The summed E-state index contributed by atoms with van der Waals surface area (Å²) in [5.41, 5.74) is -0.550. The maximum atomic E-state index is 9.45. The Labute approximate surface area is 62.9 Å². The number of aliphatic hydroxyl groups is 2. The molecule has 0 saturated heterocycles. The molecule has 0 aliphatic carbocycles. The van der Waals surface area contributed by atoms with Gasteiger partial charge in [0.2, 0.25) is 0 Å². The normalized spacial score (nSPS) is 16.8. The van der Waals surface area contributed by atoms with E-state index >= 15 is 0 Å². The van der Waals surface area contributed by atoms with Crippen molar-refractivity contribution in [2.45, 2.75) is 38.7 Å². The summed E-state index contributed by atoms with van der Waals surface area (Å²) in [6.07, 6.45) is 4.07. The van der Waals surface area contributed by atoms with E-state index in [-0.39, 0.29) is 6.61 Å². The van der Waals surface area contributed by atoms with E-state index in [1.165, 1.54) is 0 Å². The first-order chi connectivity index (χ1) is 4.62. The highest BCUT2D eigenvalue weighted by molar-refractivity contribution is 4.74. The van der Waals surface area contributed by atoms with Gasteiger partial charge in [-0.25, -0.2) is 0 Å². The van der Waals surface area contributed by atoms with Crippen LogP contribution in [0.4, 0.5) is 0 Å². The van der Waals surface area contributed by atoms with Crippen LogP contribution in [-0.2, 0) is 0 Å². The molecule has 61 valence electrons. The molecule has 1 atom stereocenters. The van der Waals surface area contributed by atoms with E-state index in [0.717, 1.165) is 19.3 Å². The number of unbranched alkanes of at least 4 members (excludes halogenated alkanes) is 1. The second-order valence-corrected chi connectivity index (χ2v) is 2.86. The van der Waals surface area contributed by atoms with Crippen LogP contribution >= 0.6 is 0 Å². The summed E-state index contributed by atoms with van der Waals surface area (Å²) in [7, 11) is 0. The molecule has 0 aromatic heterocycles. The van der Waals surface area contributed by atoms with Gasteiger partial charge in [-0.3, -0.25) is 0 Å². The first-order valence-electron chi connectivity index (χ1n) is 3.77. The molecule has 2 nitrogen and oxygen atoms in total. The Kier molecular flexibility index (Phi) is 4.65. The van der Waals surface area contributed by atoms with Crippen molar-refractivity contribution in [2.24, 2.45) is 0 Å². The van der Waals surface area contributed by atoms with Crippen LogP contribution < -0.4 is 0 Å². The second-order valence-electron chi connectivity index (χ2n) is 2.86. The zero-order valence-corrected chi connectivity index (χ0v) is 6.80. The molecule has 1 radical (unpaired) electrons. The minimum atomic E-state index is -0.550. The molecule has 0 bridgehead atoms. The quantitative estimate of drug-likeness (QED) is 0.569. The van der Waals surface area contributed by atoms with Gasteiger partial charge in [0, 0.05) is 6.61 Å². The second kappa shape index (κ2) is 4.69. The molecule has 0 fully saturated rings. The molecule has 0 aliphatic heterocycles. The van der Waals surface area contributed by atoms with Crippen LogP contribution in [0.2, 0.25) is 0 Å². The lowest BCUT2D eigenvalue weighted by molar-refractivity contribution is 0.0464. The van der Waals surface area contributed by atoms with Crippen molar-refractivity contribution in [3.63, 3.8) is 0 Å². The van der Waals surface area contributed by atoms with Gasteiger partial charge in [0.1, 0.15) is 0 Å². The van der Waals surface area contributed by atoms with Crippen LogP contribution in [0.1, 0.15) is 33.1 Å². The first-order valence-corrected chi connectivity index (χ1v) is 3.77. The van der Waals surface area contributed by atoms with Crippen molar-refractivity contribution in [3.8, 4) is 0 Å². The fourth-order valence-electron chi connectivity index (χ4n) is 0.681. The van der Waals surface area contributed by atoms with Crippen LogP contribution in [0.25, 0.3) is 0 Å². The molecule has 0 aromatic rings. The van der Waals surface area contributed by atoms with Crippen LogP contribution in [0.5, 0.6) is 0 Å². The minimum absolute atomic E-state index is 0.111. The van der Waals surface area contributed by atoms with Crippen molar-refractivity contribution in [2.75, 3.05) is 6.61 Å². The Morgan fingerprint density at radius 3 is 2.50 bits per heavy atom. The van der Waals surface area contributed by atoms with Gasteiger partial charge in [0.05, 0.1) is 5.60 Å². The molecule has 0 saturated carbocycles. The standard InChI is InChI=1S/C8H17O2/c1-3-8(2,10)6-4-5-7-9/h5,9-10H,3-4,6-7H2,1-2H3. The van der Waals surface area contributed by atoms with E-state index in [2.05, 4.69) is 0 Å². The van der Waals surface area contributed by atoms with E-state index < -0.39 is 5.60 Å². The largest absolute Gasteiger partial charge is 0.396 e. The summed E-state index contributed by atoms with van der Waals surface area (Å²) >= 11 is 0. The zero-order chi connectivity index (χ0) is 8.04. The van der Waals surface area contributed by atoms with Crippen LogP contribution in [-0.4, -0.2) is 22.4 Å². The van der Waals surface area contributed by atoms with Crippen molar-refractivity contribution in [1.82, 2.24) is 0 Å². The van der Waals surface area contributed by atoms with Gasteiger partial charge in [-0.1, -0.05) is 6.92 Å². The van der Waals surface area contributed by atoms with Gasteiger partial charge in [-0.15, -0.1) is 0 Å². The maximum absolute atomic E-state index is 9.45. The predicted octanol–water partition coefficient (Wildman–Crippen LogP) is 1.12. The van der Waals surface area contributed by atoms with E-state index in [1.807, 2.05) is 13.8 Å². The van der Waals surface area contributed by atoms with Gasteiger partial charge in [-0.05, 0) is 32.6 Å². The number of rotatable bonds is 5. The number of aliphatic hydroxyl groups excluding tert-OH is 1. The summed E-state index contributed by atoms with van der Waals surface area (Å²) in [6, 6.07) is 0. The predicted molar refractivity (Wildman–Crippen MR) is 41.5 cm³/mol. The number of hydrogen-bond acceptors (Lipinski definition) is 2. The maximum Gasteiger partial charge on any atom is 0.0617 e. The average Bonchev–Trinajstić information content (AvgIpc) is 1.89. The molecule has 1 unspecified atom stereocenters. The molecular formula is C8H17O2. The molecule has 0 aromatic carbocycles. The Morgan fingerprint density at radius 2 is 2.10 bits per heavy atom. The SMILES string of the molecule is CCC(C)(O)CC[CH]CO. The van der Waals surface area contributed by atoms with Gasteiger partial charge in [-0.2, -0.15) is 0 Å². The Bertz CT molecular complexity index is 79.3. The highest BCUT2D eigenvalue weighted by Crippen LogP contribution is 2.16. The molecule has 0 amide bonds. The molecule has 2 N–H and O–H groups in total. The van der Waals surface area contributed by atoms with Gasteiger partial charge >= 0.3 is 0 Å². The average molecular weight is 145 g/mol.